The highest BCUT2D eigenvalue weighted by Gasteiger charge is 2.10. The summed E-state index contributed by atoms with van der Waals surface area (Å²) in [5.41, 5.74) is 1.34. The summed E-state index contributed by atoms with van der Waals surface area (Å²) in [7, 11) is 5.95. The second-order valence-corrected chi connectivity index (χ2v) is 6.31. The highest BCUT2D eigenvalue weighted by atomic mass is 32.2. The Balaban J connectivity index is 2.53. The molecule has 0 saturated carbocycles. The van der Waals surface area contributed by atoms with Crippen molar-refractivity contribution in [2.75, 3.05) is 45.8 Å². The molecule has 0 aliphatic heterocycles. The second-order valence-electron chi connectivity index (χ2n) is 5.16. The van der Waals surface area contributed by atoms with E-state index >= 15 is 0 Å². The molecule has 1 atom stereocenters. The quantitative estimate of drug-likeness (QED) is 0.671. The lowest BCUT2D eigenvalue weighted by Gasteiger charge is -2.19. The van der Waals surface area contributed by atoms with Crippen LogP contribution in [0.3, 0.4) is 0 Å². The van der Waals surface area contributed by atoms with Crippen LogP contribution in [0.25, 0.3) is 0 Å². The van der Waals surface area contributed by atoms with E-state index in [0.717, 1.165) is 31.0 Å². The summed E-state index contributed by atoms with van der Waals surface area (Å²) >= 11 is 2.01. The predicted molar refractivity (Wildman–Crippen MR) is 89.9 cm³/mol. The average Bonchev–Trinajstić information content (AvgIpc) is 2.46. The van der Waals surface area contributed by atoms with Crippen molar-refractivity contribution in [2.45, 2.75) is 19.4 Å². The first-order valence-corrected chi connectivity index (χ1v) is 8.42. The summed E-state index contributed by atoms with van der Waals surface area (Å²) in [6, 6.07) is 8.84. The Hall–Kier alpha value is -0.710. The van der Waals surface area contributed by atoms with Gasteiger partial charge in [-0.1, -0.05) is 19.1 Å². The lowest BCUT2D eigenvalue weighted by atomic mass is 10.1. The SMILES string of the molecule is CCCNC(CSCCN(C)C)c1ccc(OC)cc1. The van der Waals surface area contributed by atoms with Gasteiger partial charge in [-0.05, 0) is 44.8 Å². The Morgan fingerprint density at radius 1 is 1.25 bits per heavy atom. The van der Waals surface area contributed by atoms with Crippen LogP contribution in [0.1, 0.15) is 24.9 Å². The largest absolute Gasteiger partial charge is 0.497 e. The van der Waals surface area contributed by atoms with Crippen LogP contribution in [0.2, 0.25) is 0 Å². The zero-order chi connectivity index (χ0) is 14.8. The molecule has 0 radical (unpaired) electrons. The number of thioether (sulfide) groups is 1. The molecule has 20 heavy (non-hydrogen) atoms. The van der Waals surface area contributed by atoms with Gasteiger partial charge in [-0.2, -0.15) is 11.8 Å². The van der Waals surface area contributed by atoms with E-state index in [1.54, 1.807) is 7.11 Å². The summed E-state index contributed by atoms with van der Waals surface area (Å²) in [6.07, 6.45) is 1.16. The molecule has 1 unspecified atom stereocenters. The van der Waals surface area contributed by atoms with E-state index in [4.69, 9.17) is 4.74 Å². The van der Waals surface area contributed by atoms with Gasteiger partial charge < -0.3 is 15.0 Å². The van der Waals surface area contributed by atoms with Crippen LogP contribution in [-0.2, 0) is 0 Å². The first-order valence-electron chi connectivity index (χ1n) is 7.27. The zero-order valence-electron chi connectivity index (χ0n) is 13.2. The number of methoxy groups -OCH3 is 1. The molecule has 114 valence electrons. The van der Waals surface area contributed by atoms with Crippen LogP contribution in [-0.4, -0.2) is 50.7 Å². The number of benzene rings is 1. The van der Waals surface area contributed by atoms with Crippen LogP contribution in [0.4, 0.5) is 0 Å². The van der Waals surface area contributed by atoms with E-state index in [-0.39, 0.29) is 0 Å². The molecule has 0 aliphatic carbocycles. The standard InChI is InChI=1S/C16H28N2OS/c1-5-10-17-16(13-20-12-11-18(2)3)14-6-8-15(19-4)9-7-14/h6-9,16-17H,5,10-13H2,1-4H3. The monoisotopic (exact) mass is 296 g/mol. The number of nitrogens with one attached hydrogen (secondary N) is 1. The van der Waals surface area contributed by atoms with Crippen LogP contribution in [0.15, 0.2) is 24.3 Å². The van der Waals surface area contributed by atoms with Crippen molar-refractivity contribution in [1.82, 2.24) is 10.2 Å². The topological polar surface area (TPSA) is 24.5 Å². The van der Waals surface area contributed by atoms with Crippen molar-refractivity contribution in [2.24, 2.45) is 0 Å². The van der Waals surface area contributed by atoms with E-state index in [9.17, 15) is 0 Å². The molecule has 0 fully saturated rings. The van der Waals surface area contributed by atoms with E-state index in [1.807, 2.05) is 23.9 Å². The van der Waals surface area contributed by atoms with Gasteiger partial charge in [-0.15, -0.1) is 0 Å². The molecule has 0 aromatic heterocycles. The minimum absolute atomic E-state index is 0.424. The maximum absolute atomic E-state index is 5.22. The summed E-state index contributed by atoms with van der Waals surface area (Å²) in [5, 5.41) is 3.64. The van der Waals surface area contributed by atoms with Crippen molar-refractivity contribution >= 4 is 11.8 Å². The summed E-state index contributed by atoms with van der Waals surface area (Å²) in [6.45, 7) is 4.40. The number of nitrogens with zero attached hydrogens (tertiary/aromatic N) is 1. The lowest BCUT2D eigenvalue weighted by molar-refractivity contribution is 0.414. The molecule has 3 nitrogen and oxygen atoms in total. The van der Waals surface area contributed by atoms with Crippen LogP contribution < -0.4 is 10.1 Å². The lowest BCUT2D eigenvalue weighted by Crippen LogP contribution is -2.25. The third-order valence-corrected chi connectivity index (χ3v) is 4.17. The van der Waals surface area contributed by atoms with Crippen LogP contribution >= 0.6 is 11.8 Å². The summed E-state index contributed by atoms with van der Waals surface area (Å²) in [5.74, 6) is 3.21. The Morgan fingerprint density at radius 2 is 1.95 bits per heavy atom. The van der Waals surface area contributed by atoms with Gasteiger partial charge in [0.05, 0.1) is 7.11 Å². The Labute approximate surface area is 128 Å². The molecule has 4 heteroatoms. The van der Waals surface area contributed by atoms with Gasteiger partial charge >= 0.3 is 0 Å². The molecular weight excluding hydrogens is 268 g/mol. The first-order chi connectivity index (χ1) is 9.67. The number of hydrogen-bond donors (Lipinski definition) is 1. The van der Waals surface area contributed by atoms with Gasteiger partial charge in [0.25, 0.3) is 0 Å². The summed E-state index contributed by atoms with van der Waals surface area (Å²) < 4.78 is 5.22. The van der Waals surface area contributed by atoms with Gasteiger partial charge in [0.15, 0.2) is 0 Å². The second kappa shape index (κ2) is 10.1. The molecule has 0 aliphatic rings. The normalized spacial score (nSPS) is 12.7. The van der Waals surface area contributed by atoms with E-state index < -0.39 is 0 Å². The number of ether oxygens (including phenoxy) is 1. The van der Waals surface area contributed by atoms with Gasteiger partial charge in [0.1, 0.15) is 5.75 Å². The fourth-order valence-corrected chi connectivity index (χ4v) is 3.08. The van der Waals surface area contributed by atoms with E-state index in [1.165, 1.54) is 11.3 Å². The Bertz CT molecular complexity index is 354. The van der Waals surface area contributed by atoms with Crippen molar-refractivity contribution in [3.63, 3.8) is 0 Å². The average molecular weight is 296 g/mol. The molecule has 1 aromatic rings. The van der Waals surface area contributed by atoms with Gasteiger partial charge in [0, 0.05) is 24.1 Å². The Kier molecular flexibility index (Phi) is 8.74. The van der Waals surface area contributed by atoms with E-state index in [2.05, 4.69) is 43.4 Å². The van der Waals surface area contributed by atoms with Gasteiger partial charge in [-0.25, -0.2) is 0 Å². The molecule has 0 spiro atoms. The maximum Gasteiger partial charge on any atom is 0.118 e. The van der Waals surface area contributed by atoms with Crippen molar-refractivity contribution in [1.29, 1.82) is 0 Å². The Morgan fingerprint density at radius 3 is 2.50 bits per heavy atom. The number of rotatable bonds is 10. The molecule has 1 rings (SSSR count). The summed E-state index contributed by atoms with van der Waals surface area (Å²) in [4.78, 5) is 2.23. The first kappa shape index (κ1) is 17.3. The molecule has 1 aromatic carbocycles. The van der Waals surface area contributed by atoms with Crippen LogP contribution in [0, 0.1) is 0 Å². The molecule has 0 heterocycles. The third kappa shape index (κ3) is 6.64. The van der Waals surface area contributed by atoms with E-state index in [0.29, 0.717) is 6.04 Å². The predicted octanol–water partition coefficient (Wildman–Crippen LogP) is 3.03. The van der Waals surface area contributed by atoms with Gasteiger partial charge in [-0.3, -0.25) is 0 Å². The molecular formula is C16H28N2OS. The minimum atomic E-state index is 0.424. The fourth-order valence-electron chi connectivity index (χ4n) is 1.88. The van der Waals surface area contributed by atoms with Crippen molar-refractivity contribution in [3.8, 4) is 5.75 Å². The third-order valence-electron chi connectivity index (χ3n) is 3.13. The fraction of sp³-hybridized carbons (Fsp3) is 0.625. The smallest absolute Gasteiger partial charge is 0.118 e. The highest BCUT2D eigenvalue weighted by Crippen LogP contribution is 2.21. The minimum Gasteiger partial charge on any atom is -0.497 e. The molecule has 0 saturated heterocycles. The molecule has 0 amide bonds. The van der Waals surface area contributed by atoms with Crippen LogP contribution in [0.5, 0.6) is 5.75 Å². The van der Waals surface area contributed by atoms with Crippen molar-refractivity contribution < 1.29 is 4.74 Å². The highest BCUT2D eigenvalue weighted by molar-refractivity contribution is 7.99. The molecule has 1 N–H and O–H groups in total. The van der Waals surface area contributed by atoms with Gasteiger partial charge in [0.2, 0.25) is 0 Å². The molecule has 0 bridgehead atoms. The van der Waals surface area contributed by atoms with Crippen molar-refractivity contribution in [3.05, 3.63) is 29.8 Å². The zero-order valence-corrected chi connectivity index (χ0v) is 14.0. The maximum atomic E-state index is 5.22. The number of hydrogen-bond acceptors (Lipinski definition) is 4.